The van der Waals surface area contributed by atoms with Gasteiger partial charge in [-0.3, -0.25) is 9.67 Å². The Balaban J connectivity index is 2.25. The number of aromatic nitrogens is 3. The van der Waals surface area contributed by atoms with Gasteiger partial charge in [0.25, 0.3) is 0 Å². The minimum Gasteiger partial charge on any atom is -0.275 e. The highest BCUT2D eigenvalue weighted by atomic mass is 15.2. The predicted molar refractivity (Wildman–Crippen MR) is 73.4 cm³/mol. The third kappa shape index (κ3) is 1.68. The summed E-state index contributed by atoms with van der Waals surface area (Å²) in [4.78, 5) is 4.54. The molecule has 0 bridgehead atoms. The van der Waals surface area contributed by atoms with Crippen LogP contribution in [0.4, 0.5) is 0 Å². The first kappa shape index (κ1) is 11.0. The van der Waals surface area contributed by atoms with Crippen molar-refractivity contribution < 1.29 is 0 Å². The van der Waals surface area contributed by atoms with Crippen molar-refractivity contribution in [1.29, 1.82) is 0 Å². The monoisotopic (exact) mass is 237 g/mol. The van der Waals surface area contributed by atoms with Gasteiger partial charge in [0.05, 0.1) is 11.9 Å². The Kier molecular flexibility index (Phi) is 2.40. The number of rotatable bonds is 1. The third-order valence-electron chi connectivity index (χ3n) is 3.34. The van der Waals surface area contributed by atoms with Crippen LogP contribution in [-0.2, 0) is 7.05 Å². The molecule has 0 unspecified atom stereocenters. The standard InChI is InChI=1S/C15H15N3/c1-10-4-5-11(2)14-8-16-15(6-13(10)14)12-7-17-18(3)9-12/h4-9H,1-3H3. The van der Waals surface area contributed by atoms with Gasteiger partial charge in [-0.1, -0.05) is 12.1 Å². The van der Waals surface area contributed by atoms with Crippen LogP contribution in [-0.4, -0.2) is 14.8 Å². The van der Waals surface area contributed by atoms with Crippen LogP contribution in [0.1, 0.15) is 11.1 Å². The molecular weight excluding hydrogens is 222 g/mol. The average molecular weight is 237 g/mol. The van der Waals surface area contributed by atoms with Crippen LogP contribution < -0.4 is 0 Å². The van der Waals surface area contributed by atoms with E-state index >= 15 is 0 Å². The Bertz CT molecular complexity index is 726. The van der Waals surface area contributed by atoms with E-state index in [0.29, 0.717) is 0 Å². The van der Waals surface area contributed by atoms with Gasteiger partial charge in [-0.2, -0.15) is 5.10 Å². The topological polar surface area (TPSA) is 30.7 Å². The van der Waals surface area contributed by atoms with Gasteiger partial charge < -0.3 is 0 Å². The largest absolute Gasteiger partial charge is 0.275 e. The summed E-state index contributed by atoms with van der Waals surface area (Å²) in [5.74, 6) is 0. The van der Waals surface area contributed by atoms with E-state index in [2.05, 4.69) is 42.1 Å². The first-order chi connectivity index (χ1) is 8.65. The highest BCUT2D eigenvalue weighted by Crippen LogP contribution is 2.25. The molecule has 18 heavy (non-hydrogen) atoms. The molecule has 0 fully saturated rings. The van der Waals surface area contributed by atoms with Gasteiger partial charge in [-0.15, -0.1) is 0 Å². The highest BCUT2D eigenvalue weighted by molar-refractivity contribution is 5.90. The average Bonchev–Trinajstić information content (AvgIpc) is 2.80. The summed E-state index contributed by atoms with van der Waals surface area (Å²) in [6.07, 6.45) is 5.79. The molecule has 0 radical (unpaired) electrons. The van der Waals surface area contributed by atoms with E-state index in [4.69, 9.17) is 0 Å². The summed E-state index contributed by atoms with van der Waals surface area (Å²) < 4.78 is 1.80. The van der Waals surface area contributed by atoms with Crippen molar-refractivity contribution in [3.05, 3.63) is 47.9 Å². The van der Waals surface area contributed by atoms with Crippen molar-refractivity contribution in [2.45, 2.75) is 13.8 Å². The van der Waals surface area contributed by atoms with Gasteiger partial charge in [0, 0.05) is 30.4 Å². The number of nitrogens with zero attached hydrogens (tertiary/aromatic N) is 3. The number of pyridine rings is 1. The molecule has 3 aromatic rings. The minimum absolute atomic E-state index is 0.976. The van der Waals surface area contributed by atoms with Crippen LogP contribution in [0.2, 0.25) is 0 Å². The molecule has 90 valence electrons. The van der Waals surface area contributed by atoms with Crippen LogP contribution in [0.3, 0.4) is 0 Å². The lowest BCUT2D eigenvalue weighted by Gasteiger charge is -2.06. The maximum atomic E-state index is 4.54. The minimum atomic E-state index is 0.976. The summed E-state index contributed by atoms with van der Waals surface area (Å²) in [7, 11) is 1.92. The molecule has 0 saturated carbocycles. The van der Waals surface area contributed by atoms with Crippen LogP contribution in [0.25, 0.3) is 22.0 Å². The predicted octanol–water partition coefficient (Wildman–Crippen LogP) is 3.25. The first-order valence-corrected chi connectivity index (χ1v) is 6.00. The fourth-order valence-corrected chi connectivity index (χ4v) is 2.24. The lowest BCUT2D eigenvalue weighted by molar-refractivity contribution is 0.768. The molecule has 3 rings (SSSR count). The van der Waals surface area contributed by atoms with Crippen molar-refractivity contribution in [3.63, 3.8) is 0 Å². The Morgan fingerprint density at radius 3 is 2.39 bits per heavy atom. The normalized spacial score (nSPS) is 11.1. The fraction of sp³-hybridized carbons (Fsp3) is 0.200. The zero-order valence-electron chi connectivity index (χ0n) is 10.8. The van der Waals surface area contributed by atoms with Gasteiger partial charge in [0.1, 0.15) is 0 Å². The second-order valence-corrected chi connectivity index (χ2v) is 4.72. The Morgan fingerprint density at radius 1 is 1.00 bits per heavy atom. The van der Waals surface area contributed by atoms with Crippen LogP contribution in [0, 0.1) is 13.8 Å². The van der Waals surface area contributed by atoms with E-state index in [0.717, 1.165) is 11.3 Å². The third-order valence-corrected chi connectivity index (χ3v) is 3.34. The fourth-order valence-electron chi connectivity index (χ4n) is 2.24. The molecule has 0 saturated heterocycles. The maximum Gasteiger partial charge on any atom is 0.0740 e. The van der Waals surface area contributed by atoms with E-state index in [1.165, 1.54) is 21.9 Å². The summed E-state index contributed by atoms with van der Waals surface area (Å²) >= 11 is 0. The maximum absolute atomic E-state index is 4.54. The summed E-state index contributed by atoms with van der Waals surface area (Å²) in [6, 6.07) is 6.45. The molecule has 0 amide bonds. The smallest absolute Gasteiger partial charge is 0.0740 e. The SMILES string of the molecule is Cc1ccc(C)c2cc(-c3cnn(C)c3)ncc12. The van der Waals surface area contributed by atoms with Gasteiger partial charge >= 0.3 is 0 Å². The lowest BCUT2D eigenvalue weighted by atomic mass is 10.0. The molecule has 2 heterocycles. The van der Waals surface area contributed by atoms with Crippen molar-refractivity contribution >= 4 is 10.8 Å². The van der Waals surface area contributed by atoms with Crippen molar-refractivity contribution in [2.75, 3.05) is 0 Å². The van der Waals surface area contributed by atoms with Gasteiger partial charge in [0.2, 0.25) is 0 Å². The van der Waals surface area contributed by atoms with Crippen molar-refractivity contribution in [1.82, 2.24) is 14.8 Å². The summed E-state index contributed by atoms with van der Waals surface area (Å²) in [5.41, 5.74) is 4.58. The summed E-state index contributed by atoms with van der Waals surface area (Å²) in [6.45, 7) is 4.25. The first-order valence-electron chi connectivity index (χ1n) is 6.00. The second-order valence-electron chi connectivity index (χ2n) is 4.72. The number of fused-ring (bicyclic) bond motifs is 1. The lowest BCUT2D eigenvalue weighted by Crippen LogP contribution is -1.88. The van der Waals surface area contributed by atoms with Gasteiger partial charge in [-0.05, 0) is 36.4 Å². The Morgan fingerprint density at radius 2 is 1.72 bits per heavy atom. The van der Waals surface area contributed by atoms with Crippen LogP contribution in [0.15, 0.2) is 36.8 Å². The number of benzene rings is 1. The molecule has 0 atom stereocenters. The van der Waals surface area contributed by atoms with Crippen molar-refractivity contribution in [3.8, 4) is 11.3 Å². The molecular formula is C15H15N3. The quantitative estimate of drug-likeness (QED) is 0.650. The van der Waals surface area contributed by atoms with E-state index < -0.39 is 0 Å². The van der Waals surface area contributed by atoms with Gasteiger partial charge in [0.15, 0.2) is 0 Å². The zero-order valence-corrected chi connectivity index (χ0v) is 10.8. The van der Waals surface area contributed by atoms with Crippen LogP contribution >= 0.6 is 0 Å². The molecule has 0 aliphatic rings. The van der Waals surface area contributed by atoms with Gasteiger partial charge in [-0.25, -0.2) is 0 Å². The molecule has 0 aliphatic heterocycles. The highest BCUT2D eigenvalue weighted by Gasteiger charge is 2.06. The summed E-state index contributed by atoms with van der Waals surface area (Å²) in [5, 5.41) is 6.68. The number of hydrogen-bond donors (Lipinski definition) is 0. The van der Waals surface area contributed by atoms with E-state index in [1.54, 1.807) is 4.68 Å². The van der Waals surface area contributed by atoms with E-state index in [-0.39, 0.29) is 0 Å². The Hall–Kier alpha value is -2.16. The number of hydrogen-bond acceptors (Lipinski definition) is 2. The zero-order chi connectivity index (χ0) is 12.7. The molecule has 0 aliphatic carbocycles. The molecule has 2 aromatic heterocycles. The Labute approximate surface area is 106 Å². The van der Waals surface area contributed by atoms with Crippen LogP contribution in [0.5, 0.6) is 0 Å². The molecule has 0 N–H and O–H groups in total. The molecule has 0 spiro atoms. The number of aryl methyl sites for hydroxylation is 3. The molecule has 1 aromatic carbocycles. The van der Waals surface area contributed by atoms with Crippen molar-refractivity contribution in [2.24, 2.45) is 7.05 Å². The molecule has 3 nitrogen and oxygen atoms in total. The van der Waals surface area contributed by atoms with E-state index in [9.17, 15) is 0 Å². The second kappa shape index (κ2) is 3.95. The van der Waals surface area contributed by atoms with E-state index in [1.807, 2.05) is 25.6 Å². The molecule has 3 heteroatoms.